The number of halogens is 3. The molecule has 106 valence electrons. The Morgan fingerprint density at radius 3 is 2.22 bits per heavy atom. The van der Waals surface area contributed by atoms with Crippen LogP contribution in [0.1, 0.15) is 12.8 Å². The summed E-state index contributed by atoms with van der Waals surface area (Å²) in [5.74, 6) is -0.222. The predicted octanol–water partition coefficient (Wildman–Crippen LogP) is 1.01. The van der Waals surface area contributed by atoms with E-state index < -0.39 is 12.7 Å². The fourth-order valence-electron chi connectivity index (χ4n) is 1.27. The maximum Gasteiger partial charge on any atom is 0.401 e. The van der Waals surface area contributed by atoms with Crippen LogP contribution in [0.3, 0.4) is 0 Å². The van der Waals surface area contributed by atoms with Crippen LogP contribution in [-0.4, -0.2) is 60.6 Å². The molecule has 0 aromatic heterocycles. The molecule has 18 heavy (non-hydrogen) atoms. The third-order valence-electron chi connectivity index (χ3n) is 2.28. The summed E-state index contributed by atoms with van der Waals surface area (Å²) in [5, 5.41) is 0. The second kappa shape index (κ2) is 7.52. The molecular formula is C10H18F3N3OS. The maximum atomic E-state index is 12.0. The first kappa shape index (κ1) is 17.1. The third-order valence-corrected chi connectivity index (χ3v) is 2.48. The quantitative estimate of drug-likeness (QED) is 0.709. The summed E-state index contributed by atoms with van der Waals surface area (Å²) in [6.45, 7) is -0.566. The normalized spacial score (nSPS) is 11.7. The van der Waals surface area contributed by atoms with Crippen molar-refractivity contribution in [1.82, 2.24) is 9.80 Å². The van der Waals surface area contributed by atoms with Gasteiger partial charge in [-0.25, -0.2) is 0 Å². The van der Waals surface area contributed by atoms with E-state index in [2.05, 4.69) is 12.2 Å². The van der Waals surface area contributed by atoms with Crippen LogP contribution < -0.4 is 5.73 Å². The van der Waals surface area contributed by atoms with E-state index in [9.17, 15) is 18.0 Å². The summed E-state index contributed by atoms with van der Waals surface area (Å²) in [7, 11) is 2.90. The molecule has 0 aromatic rings. The summed E-state index contributed by atoms with van der Waals surface area (Å²) in [6, 6.07) is 0. The van der Waals surface area contributed by atoms with Gasteiger partial charge in [0.05, 0.1) is 11.5 Å². The minimum Gasteiger partial charge on any atom is -0.393 e. The number of amides is 1. The van der Waals surface area contributed by atoms with Crippen LogP contribution >= 0.6 is 12.2 Å². The Labute approximate surface area is 110 Å². The van der Waals surface area contributed by atoms with Gasteiger partial charge in [0, 0.05) is 33.0 Å². The van der Waals surface area contributed by atoms with Crippen LogP contribution in [0.5, 0.6) is 0 Å². The Morgan fingerprint density at radius 1 is 1.22 bits per heavy atom. The number of nitrogens with zero attached hydrogens (tertiary/aromatic N) is 2. The van der Waals surface area contributed by atoms with E-state index in [-0.39, 0.29) is 18.9 Å². The average Bonchev–Trinajstić information content (AvgIpc) is 2.19. The molecule has 0 aliphatic carbocycles. The van der Waals surface area contributed by atoms with E-state index >= 15 is 0 Å². The highest BCUT2D eigenvalue weighted by Gasteiger charge is 2.29. The van der Waals surface area contributed by atoms with E-state index in [0.717, 1.165) is 4.90 Å². The van der Waals surface area contributed by atoms with Crippen LogP contribution in [-0.2, 0) is 4.79 Å². The van der Waals surface area contributed by atoms with Crippen molar-refractivity contribution in [2.75, 3.05) is 33.7 Å². The summed E-state index contributed by atoms with van der Waals surface area (Å²) in [6.07, 6.45) is -3.79. The van der Waals surface area contributed by atoms with Crippen LogP contribution in [0.15, 0.2) is 0 Å². The molecule has 0 fully saturated rings. The van der Waals surface area contributed by atoms with E-state index in [1.54, 1.807) is 7.05 Å². The minimum absolute atomic E-state index is 0.0421. The molecule has 0 atom stereocenters. The van der Waals surface area contributed by atoms with Gasteiger partial charge in [0.25, 0.3) is 0 Å². The number of carbonyl (C=O) groups excluding carboxylic acids is 1. The molecule has 4 nitrogen and oxygen atoms in total. The molecule has 0 radical (unpaired) electrons. The van der Waals surface area contributed by atoms with Crippen molar-refractivity contribution >= 4 is 23.1 Å². The molecule has 1 amide bonds. The number of carbonyl (C=O) groups is 1. The van der Waals surface area contributed by atoms with Crippen molar-refractivity contribution < 1.29 is 18.0 Å². The molecule has 0 rings (SSSR count). The fourth-order valence-corrected chi connectivity index (χ4v) is 1.36. The van der Waals surface area contributed by atoms with Crippen molar-refractivity contribution in [2.24, 2.45) is 5.73 Å². The maximum absolute atomic E-state index is 12.0. The number of hydrogen-bond acceptors (Lipinski definition) is 3. The highest BCUT2D eigenvalue weighted by atomic mass is 32.1. The summed E-state index contributed by atoms with van der Waals surface area (Å²) < 4.78 is 36.1. The minimum atomic E-state index is -4.24. The Hall–Kier alpha value is -0.890. The smallest absolute Gasteiger partial charge is 0.393 e. The van der Waals surface area contributed by atoms with Gasteiger partial charge < -0.3 is 10.6 Å². The van der Waals surface area contributed by atoms with Crippen molar-refractivity contribution in [3.05, 3.63) is 0 Å². The SMILES string of the molecule is CN(CCC(=O)N(C)CCC(N)=S)CC(F)(F)F. The molecule has 0 saturated carbocycles. The van der Waals surface area contributed by atoms with Crippen molar-refractivity contribution in [1.29, 1.82) is 0 Å². The second-order valence-electron chi connectivity index (χ2n) is 4.13. The lowest BCUT2D eigenvalue weighted by Crippen LogP contribution is -2.36. The summed E-state index contributed by atoms with van der Waals surface area (Å²) in [5.41, 5.74) is 5.29. The van der Waals surface area contributed by atoms with Gasteiger partial charge in [-0.1, -0.05) is 12.2 Å². The third kappa shape index (κ3) is 9.17. The van der Waals surface area contributed by atoms with Gasteiger partial charge in [0.1, 0.15) is 0 Å². The van der Waals surface area contributed by atoms with Crippen LogP contribution in [0.4, 0.5) is 13.2 Å². The first-order valence-electron chi connectivity index (χ1n) is 5.39. The highest BCUT2D eigenvalue weighted by molar-refractivity contribution is 7.80. The molecule has 8 heteroatoms. The van der Waals surface area contributed by atoms with Crippen LogP contribution in [0.25, 0.3) is 0 Å². The standard InChI is InChI=1S/C10H18F3N3OS/c1-15(7-10(11,12)13)5-4-9(17)16(2)6-3-8(14)18/h3-7H2,1-2H3,(H2,14,18). The van der Waals surface area contributed by atoms with E-state index in [4.69, 9.17) is 5.73 Å². The van der Waals surface area contributed by atoms with Crippen LogP contribution in [0, 0.1) is 0 Å². The molecule has 2 N–H and O–H groups in total. The van der Waals surface area contributed by atoms with Gasteiger partial charge in [-0.3, -0.25) is 9.69 Å². The van der Waals surface area contributed by atoms with Crippen molar-refractivity contribution in [3.63, 3.8) is 0 Å². The van der Waals surface area contributed by atoms with Crippen molar-refractivity contribution in [3.8, 4) is 0 Å². The van der Waals surface area contributed by atoms with Gasteiger partial charge in [-0.15, -0.1) is 0 Å². The first-order valence-corrected chi connectivity index (χ1v) is 5.80. The lowest BCUT2D eigenvalue weighted by atomic mass is 10.3. The molecule has 0 aromatic carbocycles. The second-order valence-corrected chi connectivity index (χ2v) is 4.66. The Balaban J connectivity index is 3.91. The number of thiocarbonyl (C=S) groups is 1. The van der Waals surface area contributed by atoms with E-state index in [1.807, 2.05) is 0 Å². The van der Waals surface area contributed by atoms with Gasteiger partial charge in [-0.05, 0) is 7.05 Å². The number of rotatable bonds is 7. The molecule has 0 bridgehead atoms. The van der Waals surface area contributed by atoms with E-state index in [1.165, 1.54) is 11.9 Å². The topological polar surface area (TPSA) is 49.6 Å². The highest BCUT2D eigenvalue weighted by Crippen LogP contribution is 2.15. The predicted molar refractivity (Wildman–Crippen MR) is 67.2 cm³/mol. The monoisotopic (exact) mass is 285 g/mol. The zero-order valence-electron chi connectivity index (χ0n) is 10.5. The van der Waals surface area contributed by atoms with Gasteiger partial charge >= 0.3 is 6.18 Å². The molecule has 0 saturated heterocycles. The Kier molecular flexibility index (Phi) is 7.15. The zero-order chi connectivity index (χ0) is 14.3. The number of hydrogen-bond donors (Lipinski definition) is 1. The van der Waals surface area contributed by atoms with Gasteiger partial charge in [-0.2, -0.15) is 13.2 Å². The van der Waals surface area contributed by atoms with Gasteiger partial charge in [0.2, 0.25) is 5.91 Å². The lowest BCUT2D eigenvalue weighted by Gasteiger charge is -2.21. The molecular weight excluding hydrogens is 267 g/mol. The van der Waals surface area contributed by atoms with Crippen molar-refractivity contribution in [2.45, 2.75) is 19.0 Å². The molecule has 0 heterocycles. The molecule has 0 unspecified atom stereocenters. The molecule has 0 spiro atoms. The Bertz CT molecular complexity index is 297. The van der Waals surface area contributed by atoms with Gasteiger partial charge in [0.15, 0.2) is 0 Å². The summed E-state index contributed by atoms with van der Waals surface area (Å²) in [4.78, 5) is 14.4. The number of alkyl halides is 3. The van der Waals surface area contributed by atoms with E-state index in [0.29, 0.717) is 18.0 Å². The van der Waals surface area contributed by atoms with Crippen LogP contribution in [0.2, 0.25) is 0 Å². The summed E-state index contributed by atoms with van der Waals surface area (Å²) >= 11 is 4.67. The largest absolute Gasteiger partial charge is 0.401 e. The molecule has 0 aliphatic heterocycles. The molecule has 0 aliphatic rings. The average molecular weight is 285 g/mol. The lowest BCUT2D eigenvalue weighted by molar-refractivity contribution is -0.145. The first-order chi connectivity index (χ1) is 8.11. The fraction of sp³-hybridized carbons (Fsp3) is 0.800. The Morgan fingerprint density at radius 2 is 1.78 bits per heavy atom. The zero-order valence-corrected chi connectivity index (χ0v) is 11.3. The number of nitrogens with two attached hydrogens (primary N) is 1.